The van der Waals surface area contributed by atoms with Crippen molar-refractivity contribution >= 4 is 5.69 Å². The molecule has 0 aliphatic carbocycles. The summed E-state index contributed by atoms with van der Waals surface area (Å²) < 4.78 is 0. The van der Waals surface area contributed by atoms with Crippen LogP contribution in [0.4, 0.5) is 5.69 Å². The highest BCUT2D eigenvalue weighted by Gasteiger charge is 2.07. The molecular weight excluding hydrogens is 210 g/mol. The zero-order valence-electron chi connectivity index (χ0n) is 8.08. The predicted molar refractivity (Wildman–Crippen MR) is 56.9 cm³/mol. The van der Waals surface area contributed by atoms with E-state index in [4.69, 9.17) is 0 Å². The Morgan fingerprint density at radius 2 is 2.12 bits per heavy atom. The average molecular weight is 217 g/mol. The summed E-state index contributed by atoms with van der Waals surface area (Å²) in [4.78, 5) is 27.0. The van der Waals surface area contributed by atoms with Crippen LogP contribution in [0, 0.1) is 10.1 Å². The molecule has 1 aromatic carbocycles. The van der Waals surface area contributed by atoms with Gasteiger partial charge in [0.1, 0.15) is 0 Å². The first-order valence-corrected chi connectivity index (χ1v) is 4.47. The van der Waals surface area contributed by atoms with E-state index in [1.807, 2.05) is 0 Å². The molecule has 0 radical (unpaired) electrons. The first-order chi connectivity index (χ1) is 7.66. The molecule has 0 aliphatic heterocycles. The molecule has 0 saturated heterocycles. The first kappa shape index (κ1) is 10.0. The largest absolute Gasteiger partial charge is 0.345 e. The van der Waals surface area contributed by atoms with Gasteiger partial charge in [-0.15, -0.1) is 0 Å². The van der Waals surface area contributed by atoms with Gasteiger partial charge in [0.15, 0.2) is 0 Å². The van der Waals surface area contributed by atoms with E-state index < -0.39 is 10.6 Å². The molecule has 0 unspecified atom stereocenters. The van der Waals surface area contributed by atoms with Crippen molar-refractivity contribution in [3.05, 3.63) is 57.1 Å². The van der Waals surface area contributed by atoms with Gasteiger partial charge in [0, 0.05) is 23.9 Å². The van der Waals surface area contributed by atoms with Crippen LogP contribution in [0.25, 0.3) is 11.3 Å². The fourth-order valence-electron chi connectivity index (χ4n) is 1.32. The van der Waals surface area contributed by atoms with Gasteiger partial charge in [0.05, 0.1) is 10.6 Å². The minimum Gasteiger partial charge on any atom is -0.305 e. The summed E-state index contributed by atoms with van der Waals surface area (Å²) in [5, 5.41) is 10.6. The highest BCUT2D eigenvalue weighted by molar-refractivity contribution is 5.61. The van der Waals surface area contributed by atoms with Gasteiger partial charge < -0.3 is 4.98 Å². The highest BCUT2D eigenvalue weighted by atomic mass is 16.6. The van der Waals surface area contributed by atoms with E-state index in [-0.39, 0.29) is 5.69 Å². The van der Waals surface area contributed by atoms with Crippen LogP contribution >= 0.6 is 0 Å². The maximum absolute atomic E-state index is 11.0. The van der Waals surface area contributed by atoms with Crippen molar-refractivity contribution < 1.29 is 4.92 Å². The lowest BCUT2D eigenvalue weighted by Gasteiger charge is -1.99. The summed E-state index contributed by atoms with van der Waals surface area (Å²) in [6.45, 7) is 0. The molecule has 0 spiro atoms. The Kier molecular flexibility index (Phi) is 2.47. The van der Waals surface area contributed by atoms with Gasteiger partial charge in [-0.1, -0.05) is 12.1 Å². The number of aromatic nitrogens is 2. The minimum atomic E-state index is -0.483. The Morgan fingerprint density at radius 3 is 2.81 bits per heavy atom. The molecule has 0 amide bonds. The Bertz CT molecular complexity index is 592. The van der Waals surface area contributed by atoms with Gasteiger partial charge in [-0.3, -0.25) is 10.1 Å². The minimum absolute atomic E-state index is 0.0184. The fourth-order valence-corrected chi connectivity index (χ4v) is 1.32. The topological polar surface area (TPSA) is 88.9 Å². The number of nitrogens with zero attached hydrogens (tertiary/aromatic N) is 2. The number of benzene rings is 1. The third-order valence-electron chi connectivity index (χ3n) is 2.04. The van der Waals surface area contributed by atoms with Crippen LogP contribution in [0.15, 0.2) is 41.3 Å². The van der Waals surface area contributed by atoms with Crippen molar-refractivity contribution in [3.8, 4) is 11.3 Å². The molecule has 0 saturated carbocycles. The number of aromatic amines is 1. The molecule has 1 aromatic heterocycles. The molecule has 0 atom stereocenters. The zero-order valence-corrected chi connectivity index (χ0v) is 8.08. The lowest BCUT2D eigenvalue weighted by Crippen LogP contribution is -2.09. The smallest absolute Gasteiger partial charge is 0.305 e. The number of nitro benzene ring substituents is 1. The number of non-ortho nitro benzene ring substituents is 1. The number of nitro groups is 1. The molecule has 1 N–H and O–H groups in total. The zero-order chi connectivity index (χ0) is 11.5. The van der Waals surface area contributed by atoms with Crippen LogP contribution in [0.5, 0.6) is 0 Å². The third kappa shape index (κ3) is 1.95. The standard InChI is InChI=1S/C10H7N3O3/c14-10-11-5-4-9(12-10)7-2-1-3-8(6-7)13(15)16/h1-6H,(H,11,12,14). The lowest BCUT2D eigenvalue weighted by molar-refractivity contribution is -0.384. The second-order valence-corrected chi connectivity index (χ2v) is 3.10. The SMILES string of the molecule is O=c1nccc(-c2cccc([N+](=O)[O-])c2)[nH]1. The summed E-state index contributed by atoms with van der Waals surface area (Å²) in [6.07, 6.45) is 1.35. The van der Waals surface area contributed by atoms with E-state index >= 15 is 0 Å². The van der Waals surface area contributed by atoms with Crippen LogP contribution in [-0.2, 0) is 0 Å². The summed E-state index contributed by atoms with van der Waals surface area (Å²) in [5.41, 5.74) is 0.580. The van der Waals surface area contributed by atoms with Crippen LogP contribution in [0.2, 0.25) is 0 Å². The third-order valence-corrected chi connectivity index (χ3v) is 2.04. The van der Waals surface area contributed by atoms with E-state index in [0.29, 0.717) is 11.3 Å². The molecule has 2 rings (SSSR count). The van der Waals surface area contributed by atoms with Crippen LogP contribution < -0.4 is 5.69 Å². The Morgan fingerprint density at radius 1 is 1.31 bits per heavy atom. The molecule has 16 heavy (non-hydrogen) atoms. The maximum atomic E-state index is 11.0. The van der Waals surface area contributed by atoms with Crippen molar-refractivity contribution in [3.63, 3.8) is 0 Å². The Balaban J connectivity index is 2.52. The molecule has 2 aromatic rings. The first-order valence-electron chi connectivity index (χ1n) is 4.47. The van der Waals surface area contributed by atoms with Gasteiger partial charge in [-0.2, -0.15) is 0 Å². The molecule has 6 nitrogen and oxygen atoms in total. The van der Waals surface area contributed by atoms with Crippen molar-refractivity contribution in [1.82, 2.24) is 9.97 Å². The van der Waals surface area contributed by atoms with E-state index in [0.717, 1.165) is 0 Å². The van der Waals surface area contributed by atoms with Gasteiger partial charge in [-0.05, 0) is 6.07 Å². The molecule has 6 heteroatoms. The molecule has 0 bridgehead atoms. The summed E-state index contributed by atoms with van der Waals surface area (Å²) in [5.74, 6) is 0. The van der Waals surface area contributed by atoms with Crippen molar-refractivity contribution in [2.75, 3.05) is 0 Å². The van der Waals surface area contributed by atoms with Crippen molar-refractivity contribution in [2.24, 2.45) is 0 Å². The van der Waals surface area contributed by atoms with Gasteiger partial charge in [-0.25, -0.2) is 9.78 Å². The Labute approximate surface area is 89.7 Å². The van der Waals surface area contributed by atoms with Crippen molar-refractivity contribution in [2.45, 2.75) is 0 Å². The highest BCUT2D eigenvalue weighted by Crippen LogP contribution is 2.20. The van der Waals surface area contributed by atoms with Crippen molar-refractivity contribution in [1.29, 1.82) is 0 Å². The summed E-state index contributed by atoms with van der Waals surface area (Å²) in [6, 6.07) is 7.61. The van der Waals surface area contributed by atoms with E-state index in [1.54, 1.807) is 18.2 Å². The van der Waals surface area contributed by atoms with Gasteiger partial charge >= 0.3 is 5.69 Å². The number of nitrogens with one attached hydrogen (secondary N) is 1. The molecule has 0 aliphatic rings. The van der Waals surface area contributed by atoms with Crippen LogP contribution in [0.1, 0.15) is 0 Å². The lowest BCUT2D eigenvalue weighted by atomic mass is 10.1. The molecule has 0 fully saturated rings. The van der Waals surface area contributed by atoms with E-state index in [2.05, 4.69) is 9.97 Å². The fraction of sp³-hybridized carbons (Fsp3) is 0. The van der Waals surface area contributed by atoms with E-state index in [1.165, 1.54) is 18.3 Å². The van der Waals surface area contributed by atoms with Gasteiger partial charge in [0.25, 0.3) is 5.69 Å². The second-order valence-electron chi connectivity index (χ2n) is 3.10. The summed E-state index contributed by atoms with van der Waals surface area (Å²) in [7, 11) is 0. The molecular formula is C10H7N3O3. The van der Waals surface area contributed by atoms with E-state index in [9.17, 15) is 14.9 Å². The number of hydrogen-bond donors (Lipinski definition) is 1. The average Bonchev–Trinajstić information content (AvgIpc) is 2.29. The quantitative estimate of drug-likeness (QED) is 0.607. The Hall–Kier alpha value is -2.50. The predicted octanol–water partition coefficient (Wildman–Crippen LogP) is 1.35. The van der Waals surface area contributed by atoms with Crippen LogP contribution in [0.3, 0.4) is 0 Å². The van der Waals surface area contributed by atoms with Crippen LogP contribution in [-0.4, -0.2) is 14.9 Å². The number of hydrogen-bond acceptors (Lipinski definition) is 4. The molecule has 80 valence electrons. The van der Waals surface area contributed by atoms with Gasteiger partial charge in [0.2, 0.25) is 0 Å². The number of H-pyrrole nitrogens is 1. The second kappa shape index (κ2) is 3.93. The maximum Gasteiger partial charge on any atom is 0.345 e. The normalized spacial score (nSPS) is 10.0. The molecule has 1 heterocycles. The monoisotopic (exact) mass is 217 g/mol. The number of rotatable bonds is 2. The summed E-state index contributed by atoms with van der Waals surface area (Å²) >= 11 is 0.